The molecule has 10 heteroatoms. The van der Waals surface area contributed by atoms with Crippen LogP contribution < -0.4 is 5.32 Å². The molecule has 0 spiro atoms. The summed E-state index contributed by atoms with van der Waals surface area (Å²) in [5.74, 6) is -1.61. The molecule has 1 atom stereocenters. The highest BCUT2D eigenvalue weighted by Crippen LogP contribution is 2.24. The topological polar surface area (TPSA) is 80.9 Å². The molecule has 0 bridgehead atoms. The molecule has 2 aromatic heterocycles. The molecule has 0 radical (unpaired) electrons. The van der Waals surface area contributed by atoms with E-state index in [-0.39, 0.29) is 10.9 Å². The number of thiazole rings is 1. The van der Waals surface area contributed by atoms with Crippen molar-refractivity contribution in [2.75, 3.05) is 5.32 Å². The average Bonchev–Trinajstić information content (AvgIpc) is 3.19. The van der Waals surface area contributed by atoms with E-state index in [1.807, 2.05) is 12.3 Å². The Hall–Kier alpha value is -2.33. The van der Waals surface area contributed by atoms with Crippen LogP contribution in [-0.2, 0) is 11.2 Å². The Balaban J connectivity index is 1.58. The van der Waals surface area contributed by atoms with Gasteiger partial charge in [-0.25, -0.2) is 13.8 Å². The molecule has 3 rings (SSSR count). The van der Waals surface area contributed by atoms with E-state index < -0.39 is 22.8 Å². The average molecular weight is 396 g/mol. The summed E-state index contributed by atoms with van der Waals surface area (Å²) in [6, 6.07) is 2.94. The van der Waals surface area contributed by atoms with Crippen molar-refractivity contribution in [3.63, 3.8) is 0 Å². The molecule has 0 aliphatic carbocycles. The lowest BCUT2D eigenvalue weighted by Crippen LogP contribution is -2.23. The molecule has 26 heavy (non-hydrogen) atoms. The standard InChI is InChI=1S/C16H14F2N4O2S2/c1-8(15(23)20-13-4-3-10(17)5-12(13)18)26-16-22-21-14(24-16)6-11-7-25-9(2)19-11/h3-5,7-8H,6H2,1-2H3,(H,20,23)/t8-/m0/s1. The number of halogens is 2. The number of nitrogens with one attached hydrogen (secondary N) is 1. The van der Waals surface area contributed by atoms with Crippen LogP contribution in [-0.4, -0.2) is 26.3 Å². The van der Waals surface area contributed by atoms with Crippen molar-refractivity contribution in [3.05, 3.63) is 51.8 Å². The Labute approximate surface area is 156 Å². The maximum Gasteiger partial charge on any atom is 0.277 e. The zero-order chi connectivity index (χ0) is 18.7. The normalized spacial score (nSPS) is 12.2. The molecule has 2 heterocycles. The Morgan fingerprint density at radius 3 is 2.88 bits per heavy atom. The molecular weight excluding hydrogens is 382 g/mol. The van der Waals surface area contributed by atoms with Gasteiger partial charge in [-0.05, 0) is 26.0 Å². The van der Waals surface area contributed by atoms with Crippen LogP contribution >= 0.6 is 23.1 Å². The number of hydrogen-bond donors (Lipinski definition) is 1. The van der Waals surface area contributed by atoms with Crippen LogP contribution in [0.4, 0.5) is 14.5 Å². The minimum atomic E-state index is -0.839. The maximum absolute atomic E-state index is 13.6. The monoisotopic (exact) mass is 396 g/mol. The van der Waals surface area contributed by atoms with Crippen molar-refractivity contribution < 1.29 is 18.0 Å². The number of hydrogen-bond acceptors (Lipinski definition) is 7. The van der Waals surface area contributed by atoms with Crippen LogP contribution in [0.5, 0.6) is 0 Å². The van der Waals surface area contributed by atoms with E-state index in [4.69, 9.17) is 4.42 Å². The zero-order valence-electron chi connectivity index (χ0n) is 13.8. The first kappa shape index (κ1) is 18.5. The van der Waals surface area contributed by atoms with Crippen LogP contribution in [0.25, 0.3) is 0 Å². The predicted molar refractivity (Wildman–Crippen MR) is 94.3 cm³/mol. The summed E-state index contributed by atoms with van der Waals surface area (Å²) in [7, 11) is 0. The fraction of sp³-hybridized carbons (Fsp3) is 0.250. The number of aromatic nitrogens is 3. The fourth-order valence-electron chi connectivity index (χ4n) is 2.03. The van der Waals surface area contributed by atoms with Gasteiger partial charge in [0.2, 0.25) is 11.8 Å². The molecular formula is C16H14F2N4O2S2. The predicted octanol–water partition coefficient (Wildman–Crippen LogP) is 3.82. The first-order valence-corrected chi connectivity index (χ1v) is 9.32. The molecule has 0 unspecified atom stereocenters. The lowest BCUT2D eigenvalue weighted by molar-refractivity contribution is -0.115. The van der Waals surface area contributed by atoms with Crippen molar-refractivity contribution in [3.8, 4) is 0 Å². The summed E-state index contributed by atoms with van der Waals surface area (Å²) in [6.45, 7) is 3.53. The van der Waals surface area contributed by atoms with E-state index in [2.05, 4.69) is 20.5 Å². The second-order valence-electron chi connectivity index (χ2n) is 5.37. The zero-order valence-corrected chi connectivity index (χ0v) is 15.5. The smallest absolute Gasteiger partial charge is 0.277 e. The number of rotatable bonds is 6. The third-order valence-electron chi connectivity index (χ3n) is 3.28. The molecule has 1 amide bonds. The lowest BCUT2D eigenvalue weighted by atomic mass is 10.3. The van der Waals surface area contributed by atoms with Gasteiger partial charge in [-0.3, -0.25) is 4.79 Å². The van der Waals surface area contributed by atoms with E-state index >= 15 is 0 Å². The van der Waals surface area contributed by atoms with E-state index in [0.717, 1.165) is 28.5 Å². The van der Waals surface area contributed by atoms with Gasteiger partial charge in [-0.1, -0.05) is 11.8 Å². The summed E-state index contributed by atoms with van der Waals surface area (Å²) < 4.78 is 32.0. The lowest BCUT2D eigenvalue weighted by Gasteiger charge is -2.10. The van der Waals surface area contributed by atoms with Gasteiger partial charge in [0.1, 0.15) is 11.6 Å². The van der Waals surface area contributed by atoms with Crippen molar-refractivity contribution in [2.24, 2.45) is 0 Å². The Morgan fingerprint density at radius 1 is 1.38 bits per heavy atom. The van der Waals surface area contributed by atoms with Gasteiger partial charge in [-0.2, -0.15) is 0 Å². The van der Waals surface area contributed by atoms with Gasteiger partial charge in [0.05, 0.1) is 28.1 Å². The Kier molecular flexibility index (Phi) is 5.62. The molecule has 0 aliphatic rings. The van der Waals surface area contributed by atoms with Gasteiger partial charge < -0.3 is 9.73 Å². The van der Waals surface area contributed by atoms with Gasteiger partial charge in [0, 0.05) is 11.4 Å². The third kappa shape index (κ3) is 4.64. The van der Waals surface area contributed by atoms with Crippen LogP contribution in [0, 0.1) is 18.6 Å². The second kappa shape index (κ2) is 7.92. The van der Waals surface area contributed by atoms with Crippen molar-refractivity contribution in [1.82, 2.24) is 15.2 Å². The first-order chi connectivity index (χ1) is 12.4. The van der Waals surface area contributed by atoms with Gasteiger partial charge >= 0.3 is 0 Å². The first-order valence-electron chi connectivity index (χ1n) is 7.56. The number of anilines is 1. The summed E-state index contributed by atoms with van der Waals surface area (Å²) >= 11 is 2.58. The molecule has 6 nitrogen and oxygen atoms in total. The molecule has 0 saturated carbocycles. The number of thioether (sulfide) groups is 1. The Morgan fingerprint density at radius 2 is 2.19 bits per heavy atom. The number of nitrogens with zero attached hydrogens (tertiary/aromatic N) is 3. The second-order valence-corrected chi connectivity index (χ2v) is 7.72. The summed E-state index contributed by atoms with van der Waals surface area (Å²) in [5.41, 5.74) is 0.749. The number of aryl methyl sites for hydroxylation is 1. The minimum Gasteiger partial charge on any atom is -0.416 e. The number of benzene rings is 1. The van der Waals surface area contributed by atoms with E-state index in [1.54, 1.807) is 6.92 Å². The highest BCUT2D eigenvalue weighted by Gasteiger charge is 2.20. The molecule has 136 valence electrons. The molecule has 3 aromatic rings. The van der Waals surface area contributed by atoms with Gasteiger partial charge in [0.15, 0.2) is 0 Å². The number of carbonyl (C=O) groups excluding carboxylic acids is 1. The SMILES string of the molecule is Cc1nc(Cc2nnc(S[C@@H](C)C(=O)Nc3ccc(F)cc3F)o2)cs1. The van der Waals surface area contributed by atoms with Crippen molar-refractivity contribution >= 4 is 34.7 Å². The largest absolute Gasteiger partial charge is 0.416 e. The third-order valence-corrected chi connectivity index (χ3v) is 5.04. The van der Waals surface area contributed by atoms with E-state index in [9.17, 15) is 13.6 Å². The van der Waals surface area contributed by atoms with Crippen LogP contribution in [0.15, 0.2) is 33.2 Å². The molecule has 0 saturated heterocycles. The molecule has 0 fully saturated rings. The quantitative estimate of drug-likeness (QED) is 0.638. The van der Waals surface area contributed by atoms with E-state index in [1.165, 1.54) is 17.4 Å². The molecule has 1 N–H and O–H groups in total. The van der Waals surface area contributed by atoms with Crippen LogP contribution in [0.2, 0.25) is 0 Å². The summed E-state index contributed by atoms with van der Waals surface area (Å²) in [6.07, 6.45) is 0.416. The highest BCUT2D eigenvalue weighted by atomic mass is 32.2. The number of amides is 1. The van der Waals surface area contributed by atoms with Crippen molar-refractivity contribution in [1.29, 1.82) is 0 Å². The van der Waals surface area contributed by atoms with Crippen LogP contribution in [0.3, 0.4) is 0 Å². The summed E-state index contributed by atoms with van der Waals surface area (Å²) in [4.78, 5) is 16.5. The Bertz CT molecular complexity index is 929. The fourth-order valence-corrected chi connectivity index (χ4v) is 3.34. The number of carbonyl (C=O) groups is 1. The molecule has 0 aliphatic heterocycles. The van der Waals surface area contributed by atoms with Crippen LogP contribution in [0.1, 0.15) is 23.5 Å². The summed E-state index contributed by atoms with van der Waals surface area (Å²) in [5, 5.41) is 12.7. The highest BCUT2D eigenvalue weighted by molar-refractivity contribution is 8.00. The molecule has 1 aromatic carbocycles. The maximum atomic E-state index is 13.6. The van der Waals surface area contributed by atoms with Crippen molar-refractivity contribution in [2.45, 2.75) is 30.7 Å². The van der Waals surface area contributed by atoms with Gasteiger partial charge in [-0.15, -0.1) is 21.5 Å². The van der Waals surface area contributed by atoms with E-state index in [0.29, 0.717) is 18.4 Å². The minimum absolute atomic E-state index is 0.0889. The van der Waals surface area contributed by atoms with Gasteiger partial charge in [0.25, 0.3) is 5.22 Å².